The zero-order valence-electron chi connectivity index (χ0n) is 10.9. The largest absolute Gasteiger partial charge is 0.432 e. The van der Waals surface area contributed by atoms with E-state index in [1.54, 1.807) is 13.2 Å². The van der Waals surface area contributed by atoms with Gasteiger partial charge in [0.05, 0.1) is 5.69 Å². The number of hydrogen-bond donors (Lipinski definition) is 2. The van der Waals surface area contributed by atoms with Crippen LogP contribution in [0, 0.1) is 5.82 Å². The number of amides is 1. The molecular weight excluding hydrogens is 287 g/mol. The fraction of sp³-hybridized carbons (Fsp3) is 0.154. The number of nitrogen functional groups attached to an aromatic ring is 1. The summed E-state index contributed by atoms with van der Waals surface area (Å²) in [5, 5.41) is 2.44. The lowest BCUT2D eigenvalue weighted by Crippen LogP contribution is -2.15. The van der Waals surface area contributed by atoms with Gasteiger partial charge in [0, 0.05) is 25.0 Å². The molecule has 0 spiro atoms. The summed E-state index contributed by atoms with van der Waals surface area (Å²) in [6.45, 7) is -3.12. The van der Waals surface area contributed by atoms with Crippen LogP contribution < -0.4 is 15.8 Å². The highest BCUT2D eigenvalue weighted by Crippen LogP contribution is 2.23. The first-order chi connectivity index (χ1) is 9.86. The highest BCUT2D eigenvalue weighted by molar-refractivity contribution is 6.03. The molecular formula is C13H12F3N3O2. The van der Waals surface area contributed by atoms with E-state index in [9.17, 15) is 18.0 Å². The first-order valence-corrected chi connectivity index (χ1v) is 5.84. The molecule has 0 saturated heterocycles. The number of rotatable bonds is 4. The van der Waals surface area contributed by atoms with Crippen LogP contribution in [0.25, 0.3) is 0 Å². The molecule has 0 aliphatic rings. The summed E-state index contributed by atoms with van der Waals surface area (Å²) in [4.78, 5) is 12.0. The fourth-order valence-corrected chi connectivity index (χ4v) is 1.78. The molecule has 0 unspecified atom stereocenters. The number of aryl methyl sites for hydroxylation is 1. The molecule has 112 valence electrons. The van der Waals surface area contributed by atoms with E-state index in [1.807, 2.05) is 0 Å². The Kier molecular flexibility index (Phi) is 4.06. The number of nitrogens with two attached hydrogens (primary N) is 1. The number of ether oxygens (including phenoxy) is 1. The molecule has 0 radical (unpaired) electrons. The highest BCUT2D eigenvalue weighted by atomic mass is 19.3. The van der Waals surface area contributed by atoms with Crippen molar-refractivity contribution in [2.45, 2.75) is 6.61 Å². The van der Waals surface area contributed by atoms with Crippen LogP contribution in [0.2, 0.25) is 0 Å². The number of hydrogen-bond acceptors (Lipinski definition) is 3. The van der Waals surface area contributed by atoms with E-state index in [2.05, 4.69) is 10.1 Å². The molecule has 0 aliphatic carbocycles. The number of nitrogens with zero attached hydrogens (tertiary/aromatic N) is 1. The standard InChI is InChI=1S/C13H12F3N3O2/c1-19-6-7(17)4-10(19)12(20)18-8-2-3-11(9(14)5-8)21-13(15)16/h2-6,13H,17H2,1H3,(H,18,20). The lowest BCUT2D eigenvalue weighted by atomic mass is 10.2. The predicted molar refractivity (Wildman–Crippen MR) is 70.8 cm³/mol. The quantitative estimate of drug-likeness (QED) is 0.911. The van der Waals surface area contributed by atoms with Crippen molar-refractivity contribution in [3.05, 3.63) is 42.0 Å². The second-order valence-electron chi connectivity index (χ2n) is 4.25. The number of benzene rings is 1. The van der Waals surface area contributed by atoms with Gasteiger partial charge < -0.3 is 20.4 Å². The molecule has 5 nitrogen and oxygen atoms in total. The van der Waals surface area contributed by atoms with E-state index in [0.29, 0.717) is 5.69 Å². The summed E-state index contributed by atoms with van der Waals surface area (Å²) in [7, 11) is 1.63. The first-order valence-electron chi connectivity index (χ1n) is 5.84. The fourth-order valence-electron chi connectivity index (χ4n) is 1.78. The number of nitrogens with one attached hydrogen (secondary N) is 1. The zero-order chi connectivity index (χ0) is 15.6. The van der Waals surface area contributed by atoms with Gasteiger partial charge in [-0.05, 0) is 18.2 Å². The van der Waals surface area contributed by atoms with Gasteiger partial charge in [0.2, 0.25) is 0 Å². The number of aromatic nitrogens is 1. The summed E-state index contributed by atoms with van der Waals surface area (Å²) in [6.07, 6.45) is 1.55. The summed E-state index contributed by atoms with van der Waals surface area (Å²) < 4.78 is 43.0. The average molecular weight is 299 g/mol. The predicted octanol–water partition coefficient (Wildman–Crippen LogP) is 2.60. The molecule has 0 fully saturated rings. The summed E-state index contributed by atoms with van der Waals surface area (Å²) in [5.41, 5.74) is 6.35. The van der Waals surface area contributed by atoms with E-state index in [1.165, 1.54) is 16.7 Å². The van der Waals surface area contributed by atoms with Gasteiger partial charge in [0.1, 0.15) is 5.69 Å². The molecule has 0 aliphatic heterocycles. The molecule has 2 rings (SSSR count). The van der Waals surface area contributed by atoms with E-state index in [0.717, 1.165) is 12.1 Å². The Morgan fingerprint density at radius 2 is 2.10 bits per heavy atom. The number of carbonyl (C=O) groups is 1. The zero-order valence-corrected chi connectivity index (χ0v) is 10.9. The summed E-state index contributed by atoms with van der Waals surface area (Å²) in [6, 6.07) is 4.61. The van der Waals surface area contributed by atoms with Gasteiger partial charge in [-0.25, -0.2) is 4.39 Å². The van der Waals surface area contributed by atoms with Crippen LogP contribution in [0.15, 0.2) is 30.5 Å². The van der Waals surface area contributed by atoms with Gasteiger partial charge in [-0.15, -0.1) is 0 Å². The molecule has 0 atom stereocenters. The molecule has 1 aromatic carbocycles. The number of anilines is 2. The van der Waals surface area contributed by atoms with Crippen molar-refractivity contribution in [3.63, 3.8) is 0 Å². The van der Waals surface area contributed by atoms with Crippen LogP contribution in [0.4, 0.5) is 24.5 Å². The number of alkyl halides is 2. The first kappa shape index (κ1) is 14.8. The normalized spacial score (nSPS) is 10.7. The smallest absolute Gasteiger partial charge is 0.387 e. The second kappa shape index (κ2) is 5.78. The van der Waals surface area contributed by atoms with Crippen LogP contribution in [0.1, 0.15) is 10.5 Å². The molecule has 1 heterocycles. The molecule has 0 bridgehead atoms. The average Bonchev–Trinajstić information content (AvgIpc) is 2.71. The van der Waals surface area contributed by atoms with Crippen molar-refractivity contribution in [1.29, 1.82) is 0 Å². The van der Waals surface area contributed by atoms with Crippen LogP contribution in [0.5, 0.6) is 5.75 Å². The maximum atomic E-state index is 13.5. The van der Waals surface area contributed by atoms with Gasteiger partial charge >= 0.3 is 6.61 Å². The van der Waals surface area contributed by atoms with Crippen molar-refractivity contribution in [1.82, 2.24) is 4.57 Å². The Labute approximate surface area is 118 Å². The topological polar surface area (TPSA) is 69.3 Å². The van der Waals surface area contributed by atoms with E-state index in [-0.39, 0.29) is 11.4 Å². The third-order valence-electron chi connectivity index (χ3n) is 2.66. The molecule has 1 aromatic heterocycles. The van der Waals surface area contributed by atoms with Gasteiger partial charge in [-0.3, -0.25) is 4.79 Å². The Bertz CT molecular complexity index is 671. The van der Waals surface area contributed by atoms with E-state index < -0.39 is 24.1 Å². The lowest BCUT2D eigenvalue weighted by molar-refractivity contribution is -0.0521. The minimum absolute atomic E-state index is 0.110. The van der Waals surface area contributed by atoms with Gasteiger partial charge in [-0.1, -0.05) is 0 Å². The Morgan fingerprint density at radius 1 is 1.38 bits per heavy atom. The number of halogens is 3. The molecule has 8 heteroatoms. The van der Waals surface area contributed by atoms with Gasteiger partial charge in [0.25, 0.3) is 5.91 Å². The van der Waals surface area contributed by atoms with Crippen LogP contribution in [-0.4, -0.2) is 17.1 Å². The van der Waals surface area contributed by atoms with Gasteiger partial charge in [-0.2, -0.15) is 8.78 Å². The van der Waals surface area contributed by atoms with Crippen molar-refractivity contribution in [2.24, 2.45) is 7.05 Å². The Balaban J connectivity index is 2.15. The Morgan fingerprint density at radius 3 is 2.62 bits per heavy atom. The Hall–Kier alpha value is -2.64. The lowest BCUT2D eigenvalue weighted by Gasteiger charge is -2.09. The summed E-state index contributed by atoms with van der Waals surface area (Å²) in [5.74, 6) is -2.10. The van der Waals surface area contributed by atoms with E-state index >= 15 is 0 Å². The SMILES string of the molecule is Cn1cc(N)cc1C(=O)Nc1ccc(OC(F)F)c(F)c1. The minimum atomic E-state index is -3.12. The van der Waals surface area contributed by atoms with Crippen LogP contribution in [0.3, 0.4) is 0 Å². The molecule has 0 saturated carbocycles. The molecule has 3 N–H and O–H groups in total. The minimum Gasteiger partial charge on any atom is -0.432 e. The maximum absolute atomic E-state index is 13.5. The van der Waals surface area contributed by atoms with Crippen molar-refractivity contribution < 1.29 is 22.7 Å². The molecule has 1 amide bonds. The van der Waals surface area contributed by atoms with Crippen molar-refractivity contribution in [3.8, 4) is 5.75 Å². The third kappa shape index (κ3) is 3.47. The maximum Gasteiger partial charge on any atom is 0.387 e. The van der Waals surface area contributed by atoms with Crippen molar-refractivity contribution >= 4 is 17.3 Å². The second-order valence-corrected chi connectivity index (χ2v) is 4.25. The molecule has 21 heavy (non-hydrogen) atoms. The van der Waals surface area contributed by atoms with Crippen molar-refractivity contribution in [2.75, 3.05) is 11.1 Å². The van der Waals surface area contributed by atoms with Crippen LogP contribution in [-0.2, 0) is 7.05 Å². The van der Waals surface area contributed by atoms with E-state index in [4.69, 9.17) is 5.73 Å². The van der Waals surface area contributed by atoms with Gasteiger partial charge in [0.15, 0.2) is 11.6 Å². The number of carbonyl (C=O) groups excluding carboxylic acids is 1. The molecule has 2 aromatic rings. The third-order valence-corrected chi connectivity index (χ3v) is 2.66. The monoisotopic (exact) mass is 299 g/mol. The highest BCUT2D eigenvalue weighted by Gasteiger charge is 2.14. The summed E-state index contributed by atoms with van der Waals surface area (Å²) >= 11 is 0. The van der Waals surface area contributed by atoms with Crippen LogP contribution >= 0.6 is 0 Å².